The van der Waals surface area contributed by atoms with Gasteiger partial charge in [0.15, 0.2) is 0 Å². The van der Waals surface area contributed by atoms with Gasteiger partial charge in [-0.2, -0.15) is 0 Å². The number of esters is 1. The lowest BCUT2D eigenvalue weighted by molar-refractivity contribution is -0.160. The van der Waals surface area contributed by atoms with Crippen LogP contribution in [0.15, 0.2) is 24.3 Å². The Morgan fingerprint density at radius 3 is 2.46 bits per heavy atom. The number of fused-ring (bicyclic) bond motifs is 4. The molecule has 0 unspecified atom stereocenters. The number of benzene rings is 1. The van der Waals surface area contributed by atoms with E-state index in [1.807, 2.05) is 20.8 Å². The summed E-state index contributed by atoms with van der Waals surface area (Å²) in [6.45, 7) is 10.3. The van der Waals surface area contributed by atoms with Crippen LogP contribution in [0.2, 0.25) is 0 Å². The highest BCUT2D eigenvalue weighted by Gasteiger charge is 2.50. The van der Waals surface area contributed by atoms with E-state index in [0.717, 1.165) is 12.8 Å². The Morgan fingerprint density at radius 2 is 1.82 bits per heavy atom. The zero-order valence-corrected chi connectivity index (χ0v) is 17.9. The van der Waals surface area contributed by atoms with Crippen LogP contribution in [0.1, 0.15) is 83.9 Å². The number of rotatable bonds is 2. The first-order chi connectivity index (χ1) is 13.2. The maximum atomic E-state index is 13.3. The maximum Gasteiger partial charge on any atom is 0.324 e. The van der Waals surface area contributed by atoms with Crippen LogP contribution in [0, 0.1) is 5.92 Å². The van der Waals surface area contributed by atoms with Crippen LogP contribution in [0.4, 0.5) is 0 Å². The minimum Gasteiger partial charge on any atom is -0.459 e. The predicted octanol–water partition coefficient (Wildman–Crippen LogP) is 5.38. The number of H-pyrrole nitrogens is 1. The third-order valence-corrected chi connectivity index (χ3v) is 6.44. The molecule has 2 heterocycles. The minimum atomic E-state index is -0.486. The Balaban J connectivity index is 1.89. The second kappa shape index (κ2) is 6.91. The minimum absolute atomic E-state index is 0.0913. The van der Waals surface area contributed by atoms with Crippen molar-refractivity contribution in [3.63, 3.8) is 0 Å². The van der Waals surface area contributed by atoms with Gasteiger partial charge in [-0.05, 0) is 51.2 Å². The lowest BCUT2D eigenvalue weighted by Crippen LogP contribution is -2.59. The van der Waals surface area contributed by atoms with Gasteiger partial charge in [-0.3, -0.25) is 10.1 Å². The third-order valence-electron chi connectivity index (χ3n) is 6.44. The van der Waals surface area contributed by atoms with Gasteiger partial charge >= 0.3 is 5.97 Å². The zero-order chi connectivity index (χ0) is 20.1. The zero-order valence-electron chi connectivity index (χ0n) is 17.9. The molecule has 1 aromatic heterocycles. The second-order valence-electron chi connectivity index (χ2n) is 10.0. The van der Waals surface area contributed by atoms with Crippen molar-refractivity contribution in [2.24, 2.45) is 5.92 Å². The van der Waals surface area contributed by atoms with Crippen molar-refractivity contribution in [3.8, 4) is 0 Å². The number of carbonyl (C=O) groups is 1. The molecule has 2 N–H and O–H groups in total. The van der Waals surface area contributed by atoms with Crippen molar-refractivity contribution in [2.45, 2.75) is 89.8 Å². The van der Waals surface area contributed by atoms with Crippen molar-refractivity contribution < 1.29 is 9.53 Å². The monoisotopic (exact) mass is 382 g/mol. The van der Waals surface area contributed by atoms with E-state index in [1.165, 1.54) is 41.4 Å². The molecular formula is C24H34N2O2. The molecule has 1 spiro atoms. The number of para-hydroxylation sites is 1. The van der Waals surface area contributed by atoms with Crippen molar-refractivity contribution in [3.05, 3.63) is 35.5 Å². The summed E-state index contributed by atoms with van der Waals surface area (Å²) in [7, 11) is 0. The van der Waals surface area contributed by atoms with Crippen LogP contribution in [0.25, 0.3) is 10.9 Å². The fourth-order valence-electron chi connectivity index (χ4n) is 5.35. The van der Waals surface area contributed by atoms with Gasteiger partial charge in [-0.25, -0.2) is 0 Å². The first-order valence-electron chi connectivity index (χ1n) is 10.8. The van der Waals surface area contributed by atoms with Crippen molar-refractivity contribution >= 4 is 16.9 Å². The van der Waals surface area contributed by atoms with E-state index in [-0.39, 0.29) is 23.5 Å². The molecule has 4 heteroatoms. The lowest BCUT2D eigenvalue weighted by atomic mass is 9.68. The van der Waals surface area contributed by atoms with E-state index in [9.17, 15) is 4.79 Å². The molecule has 152 valence electrons. The summed E-state index contributed by atoms with van der Waals surface area (Å²) in [4.78, 5) is 17.1. The Hall–Kier alpha value is -1.81. The number of ether oxygens (including phenoxy) is 1. The Morgan fingerprint density at radius 1 is 1.14 bits per heavy atom. The Bertz CT molecular complexity index is 868. The molecule has 1 aromatic carbocycles. The molecule has 1 aliphatic carbocycles. The SMILES string of the molecule is CC(C)[C@@H]1c2c([nH]c3ccccc23)C2(CCCCC2)N[C@H]1C(=O)OC(C)(C)C. The second-order valence-corrected chi connectivity index (χ2v) is 10.0. The first kappa shape index (κ1) is 19.5. The topological polar surface area (TPSA) is 54.1 Å². The van der Waals surface area contributed by atoms with Crippen molar-refractivity contribution in [2.75, 3.05) is 0 Å². The van der Waals surface area contributed by atoms with Gasteiger partial charge in [-0.15, -0.1) is 0 Å². The van der Waals surface area contributed by atoms with Crippen LogP contribution in [0.3, 0.4) is 0 Å². The van der Waals surface area contributed by atoms with Crippen molar-refractivity contribution in [1.82, 2.24) is 10.3 Å². The molecule has 1 fully saturated rings. The van der Waals surface area contributed by atoms with Crippen LogP contribution in [0.5, 0.6) is 0 Å². The van der Waals surface area contributed by atoms with Crippen LogP contribution in [-0.4, -0.2) is 22.6 Å². The predicted molar refractivity (Wildman–Crippen MR) is 113 cm³/mol. The molecule has 28 heavy (non-hydrogen) atoms. The molecule has 0 bridgehead atoms. The summed E-state index contributed by atoms with van der Waals surface area (Å²) in [5, 5.41) is 5.09. The first-order valence-corrected chi connectivity index (χ1v) is 10.8. The molecule has 0 radical (unpaired) electrons. The van der Waals surface area contributed by atoms with Crippen LogP contribution in [-0.2, 0) is 15.1 Å². The molecule has 2 atom stereocenters. The number of hydrogen-bond acceptors (Lipinski definition) is 3. The third kappa shape index (κ3) is 3.26. The van der Waals surface area contributed by atoms with Gasteiger partial charge in [0.1, 0.15) is 11.6 Å². The molecule has 4 rings (SSSR count). The summed E-state index contributed by atoms with van der Waals surface area (Å²) >= 11 is 0. The largest absolute Gasteiger partial charge is 0.459 e. The molecule has 2 aliphatic rings. The van der Waals surface area contributed by atoms with Crippen LogP contribution >= 0.6 is 0 Å². The lowest BCUT2D eigenvalue weighted by Gasteiger charge is -2.48. The highest BCUT2D eigenvalue weighted by Crippen LogP contribution is 2.49. The van der Waals surface area contributed by atoms with E-state index >= 15 is 0 Å². The van der Waals surface area contributed by atoms with E-state index in [0.29, 0.717) is 5.92 Å². The summed E-state index contributed by atoms with van der Waals surface area (Å²) in [6, 6.07) is 8.23. The van der Waals surface area contributed by atoms with Gasteiger partial charge in [-0.1, -0.05) is 51.3 Å². The summed E-state index contributed by atoms with van der Waals surface area (Å²) < 4.78 is 5.88. The summed E-state index contributed by atoms with van der Waals surface area (Å²) in [5.41, 5.74) is 3.18. The number of hydrogen-bond donors (Lipinski definition) is 2. The Kier molecular flexibility index (Phi) is 4.81. The van der Waals surface area contributed by atoms with E-state index in [4.69, 9.17) is 4.74 Å². The highest BCUT2D eigenvalue weighted by molar-refractivity contribution is 5.88. The number of aromatic amines is 1. The molecule has 0 amide bonds. The van der Waals surface area contributed by atoms with Gasteiger partial charge < -0.3 is 9.72 Å². The van der Waals surface area contributed by atoms with Crippen molar-refractivity contribution in [1.29, 1.82) is 0 Å². The Labute approximate surface area is 168 Å². The maximum absolute atomic E-state index is 13.3. The van der Waals surface area contributed by atoms with Crippen LogP contribution < -0.4 is 5.32 Å². The molecule has 2 aromatic rings. The average molecular weight is 383 g/mol. The van der Waals surface area contributed by atoms with E-state index in [2.05, 4.69) is 48.4 Å². The quantitative estimate of drug-likeness (QED) is 0.686. The van der Waals surface area contributed by atoms with Gasteiger partial charge in [0, 0.05) is 22.5 Å². The number of aromatic nitrogens is 1. The van der Waals surface area contributed by atoms with E-state index < -0.39 is 5.60 Å². The molecule has 1 aliphatic heterocycles. The average Bonchev–Trinajstić information content (AvgIpc) is 3.01. The molecule has 0 saturated heterocycles. The number of nitrogens with one attached hydrogen (secondary N) is 2. The van der Waals surface area contributed by atoms with E-state index in [1.54, 1.807) is 0 Å². The molecule has 4 nitrogen and oxygen atoms in total. The number of carbonyl (C=O) groups excluding carboxylic acids is 1. The van der Waals surface area contributed by atoms with Gasteiger partial charge in [0.05, 0.1) is 5.54 Å². The van der Waals surface area contributed by atoms with Gasteiger partial charge in [0.25, 0.3) is 0 Å². The smallest absolute Gasteiger partial charge is 0.324 e. The molecule has 1 saturated carbocycles. The fourth-order valence-corrected chi connectivity index (χ4v) is 5.35. The highest BCUT2D eigenvalue weighted by atomic mass is 16.6. The normalized spacial score (nSPS) is 24.5. The standard InChI is InChI=1S/C24H34N2O2/c1-15(2)18-19-16-11-7-8-12-17(16)25-21(19)24(13-9-6-10-14-24)26-20(18)22(27)28-23(3,4)5/h7-8,11-12,15,18,20,25-26H,6,9-10,13-14H2,1-5H3/t18-,20-/m1/s1. The molecular weight excluding hydrogens is 348 g/mol. The fraction of sp³-hybridized carbons (Fsp3) is 0.625. The summed E-state index contributed by atoms with van der Waals surface area (Å²) in [5.74, 6) is 0.296. The summed E-state index contributed by atoms with van der Waals surface area (Å²) in [6.07, 6.45) is 5.78. The van der Waals surface area contributed by atoms with Gasteiger partial charge in [0.2, 0.25) is 0 Å².